The fourth-order valence-electron chi connectivity index (χ4n) is 2.28. The van der Waals surface area contributed by atoms with E-state index >= 15 is 0 Å². The Kier molecular flexibility index (Phi) is 5.11. The van der Waals surface area contributed by atoms with Gasteiger partial charge in [-0.05, 0) is 57.5 Å². The second kappa shape index (κ2) is 6.75. The molecule has 0 aliphatic rings. The smallest absolute Gasteiger partial charge is 0.255 e. The van der Waals surface area contributed by atoms with Crippen LogP contribution < -0.4 is 10.0 Å². The van der Waals surface area contributed by atoms with Crippen LogP contribution in [0.3, 0.4) is 0 Å². The first-order chi connectivity index (χ1) is 11.1. The maximum Gasteiger partial charge on any atom is 0.255 e. The van der Waals surface area contributed by atoms with Gasteiger partial charge in [-0.25, -0.2) is 13.1 Å². The molecule has 0 radical (unpaired) electrons. The summed E-state index contributed by atoms with van der Waals surface area (Å²) in [4.78, 5) is 12.4. The summed E-state index contributed by atoms with van der Waals surface area (Å²) in [7, 11) is -3.67. The maximum absolute atomic E-state index is 12.6. The number of anilines is 1. The molecule has 2 N–H and O–H groups in total. The predicted molar refractivity (Wildman–Crippen MR) is 95.6 cm³/mol. The Balaban J connectivity index is 2.33. The summed E-state index contributed by atoms with van der Waals surface area (Å²) in [6, 6.07) is 13.6. The molecule has 0 aliphatic heterocycles. The van der Waals surface area contributed by atoms with Gasteiger partial charge in [0, 0.05) is 16.8 Å². The summed E-state index contributed by atoms with van der Waals surface area (Å²) < 4.78 is 27.7. The predicted octanol–water partition coefficient (Wildman–Crippen LogP) is 3.32. The van der Waals surface area contributed by atoms with Crippen molar-refractivity contribution in [2.24, 2.45) is 0 Å². The summed E-state index contributed by atoms with van der Waals surface area (Å²) in [6.45, 7) is 7.01. The van der Waals surface area contributed by atoms with Crippen molar-refractivity contribution in [1.82, 2.24) is 4.72 Å². The summed E-state index contributed by atoms with van der Waals surface area (Å²) in [5.74, 6) is -0.281. The molecule has 0 heterocycles. The highest BCUT2D eigenvalue weighted by atomic mass is 32.2. The fourth-order valence-corrected chi connectivity index (χ4v) is 3.97. The minimum absolute atomic E-state index is 0.156. The third-order valence-electron chi connectivity index (χ3n) is 3.30. The van der Waals surface area contributed by atoms with Crippen LogP contribution in [0.5, 0.6) is 0 Å². The average molecular weight is 346 g/mol. The van der Waals surface area contributed by atoms with Crippen molar-refractivity contribution in [2.45, 2.75) is 38.1 Å². The minimum Gasteiger partial charge on any atom is -0.322 e. The van der Waals surface area contributed by atoms with Crippen LogP contribution in [-0.4, -0.2) is 19.9 Å². The highest BCUT2D eigenvalue weighted by molar-refractivity contribution is 7.89. The molecule has 2 aromatic carbocycles. The summed E-state index contributed by atoms with van der Waals surface area (Å²) >= 11 is 0. The topological polar surface area (TPSA) is 75.3 Å². The van der Waals surface area contributed by atoms with Crippen LogP contribution in [0, 0.1) is 6.92 Å². The van der Waals surface area contributed by atoms with E-state index in [1.54, 1.807) is 64.1 Å². The maximum atomic E-state index is 12.6. The van der Waals surface area contributed by atoms with Crippen molar-refractivity contribution in [3.05, 3.63) is 59.7 Å². The van der Waals surface area contributed by atoms with Gasteiger partial charge in [0.05, 0.1) is 4.90 Å². The molecule has 0 spiro atoms. The van der Waals surface area contributed by atoms with Crippen molar-refractivity contribution in [1.29, 1.82) is 0 Å². The van der Waals surface area contributed by atoms with Crippen LogP contribution >= 0.6 is 0 Å². The lowest BCUT2D eigenvalue weighted by Crippen LogP contribution is -2.40. The molecular formula is C18H22N2O3S. The molecule has 1 amide bonds. The normalized spacial score (nSPS) is 12.0. The van der Waals surface area contributed by atoms with E-state index in [0.29, 0.717) is 16.8 Å². The van der Waals surface area contributed by atoms with Crippen LogP contribution in [0.2, 0.25) is 0 Å². The first-order valence-corrected chi connectivity index (χ1v) is 9.08. The van der Waals surface area contributed by atoms with E-state index in [4.69, 9.17) is 0 Å². The van der Waals surface area contributed by atoms with E-state index in [1.165, 1.54) is 6.07 Å². The molecule has 128 valence electrons. The Morgan fingerprint density at radius 2 is 1.58 bits per heavy atom. The zero-order valence-corrected chi connectivity index (χ0v) is 15.1. The summed E-state index contributed by atoms with van der Waals surface area (Å²) in [6.07, 6.45) is 0. The molecule has 0 atom stereocenters. The molecule has 0 saturated carbocycles. The van der Waals surface area contributed by atoms with Crippen LogP contribution in [0.25, 0.3) is 0 Å². The molecule has 6 heteroatoms. The van der Waals surface area contributed by atoms with Crippen molar-refractivity contribution < 1.29 is 13.2 Å². The second-order valence-electron chi connectivity index (χ2n) is 6.60. The lowest BCUT2D eigenvalue weighted by molar-refractivity contribution is 0.102. The number of hydrogen-bond acceptors (Lipinski definition) is 3. The van der Waals surface area contributed by atoms with Gasteiger partial charge in [0.2, 0.25) is 10.0 Å². The molecule has 0 fully saturated rings. The van der Waals surface area contributed by atoms with Crippen LogP contribution in [0.4, 0.5) is 5.69 Å². The van der Waals surface area contributed by atoms with Gasteiger partial charge in [-0.15, -0.1) is 0 Å². The average Bonchev–Trinajstić information content (AvgIpc) is 2.47. The first-order valence-electron chi connectivity index (χ1n) is 7.60. The number of sulfonamides is 1. The Hall–Kier alpha value is -2.18. The Labute approximate surface area is 143 Å². The van der Waals surface area contributed by atoms with Crippen LogP contribution in [0.1, 0.15) is 36.7 Å². The molecule has 0 bridgehead atoms. The zero-order chi connectivity index (χ0) is 18.0. The molecule has 5 nitrogen and oxygen atoms in total. The van der Waals surface area contributed by atoms with Gasteiger partial charge in [-0.2, -0.15) is 0 Å². The number of rotatable bonds is 4. The van der Waals surface area contributed by atoms with Gasteiger partial charge < -0.3 is 5.32 Å². The van der Waals surface area contributed by atoms with E-state index in [1.807, 2.05) is 6.07 Å². The van der Waals surface area contributed by atoms with Gasteiger partial charge >= 0.3 is 0 Å². The van der Waals surface area contributed by atoms with Crippen LogP contribution in [-0.2, 0) is 10.0 Å². The summed E-state index contributed by atoms with van der Waals surface area (Å²) in [5.41, 5.74) is 0.895. The van der Waals surface area contributed by atoms with Crippen molar-refractivity contribution in [3.63, 3.8) is 0 Å². The van der Waals surface area contributed by atoms with Gasteiger partial charge in [-0.1, -0.05) is 24.3 Å². The van der Waals surface area contributed by atoms with Gasteiger partial charge in [0.1, 0.15) is 0 Å². The monoisotopic (exact) mass is 346 g/mol. The fraction of sp³-hybridized carbons (Fsp3) is 0.278. The number of nitrogens with one attached hydrogen (secondary N) is 2. The van der Waals surface area contributed by atoms with E-state index < -0.39 is 15.6 Å². The van der Waals surface area contributed by atoms with E-state index in [2.05, 4.69) is 10.0 Å². The Bertz CT molecular complexity index is 838. The number of carbonyl (C=O) groups is 1. The van der Waals surface area contributed by atoms with Gasteiger partial charge in [0.25, 0.3) is 5.91 Å². The van der Waals surface area contributed by atoms with Crippen molar-refractivity contribution >= 4 is 21.6 Å². The van der Waals surface area contributed by atoms with E-state index in [0.717, 1.165) is 0 Å². The van der Waals surface area contributed by atoms with Crippen molar-refractivity contribution in [3.8, 4) is 0 Å². The molecule has 0 unspecified atom stereocenters. The highest BCUT2D eigenvalue weighted by Gasteiger charge is 2.24. The Morgan fingerprint density at radius 1 is 0.958 bits per heavy atom. The minimum atomic E-state index is -3.67. The highest BCUT2D eigenvalue weighted by Crippen LogP contribution is 2.24. The van der Waals surface area contributed by atoms with Crippen molar-refractivity contribution in [2.75, 3.05) is 5.32 Å². The molecule has 2 rings (SSSR count). The molecular weight excluding hydrogens is 324 g/mol. The number of amides is 1. The summed E-state index contributed by atoms with van der Waals surface area (Å²) in [5, 5.41) is 2.77. The number of benzene rings is 2. The second-order valence-corrected chi connectivity index (χ2v) is 8.26. The van der Waals surface area contributed by atoms with E-state index in [-0.39, 0.29) is 10.8 Å². The van der Waals surface area contributed by atoms with E-state index in [9.17, 15) is 13.2 Å². The largest absolute Gasteiger partial charge is 0.322 e. The molecule has 0 aliphatic carbocycles. The molecule has 0 aromatic heterocycles. The molecule has 0 saturated heterocycles. The lowest BCUT2D eigenvalue weighted by Gasteiger charge is -2.22. The third kappa shape index (κ3) is 4.43. The standard InChI is InChI=1S/C18H22N2O3S/c1-13-15(19-17(21)14-9-6-5-7-10-14)11-8-12-16(13)24(22,23)20-18(2,3)4/h5-12,20H,1-4H3,(H,19,21). The number of carbonyl (C=O) groups excluding carboxylic acids is 1. The first kappa shape index (κ1) is 18.2. The van der Waals surface area contributed by atoms with Crippen LogP contribution in [0.15, 0.2) is 53.4 Å². The van der Waals surface area contributed by atoms with Gasteiger partial charge in [0.15, 0.2) is 0 Å². The Morgan fingerprint density at radius 3 is 2.17 bits per heavy atom. The quantitative estimate of drug-likeness (QED) is 0.892. The zero-order valence-electron chi connectivity index (χ0n) is 14.3. The third-order valence-corrected chi connectivity index (χ3v) is 5.20. The molecule has 24 heavy (non-hydrogen) atoms. The number of hydrogen-bond donors (Lipinski definition) is 2. The van der Waals surface area contributed by atoms with Gasteiger partial charge in [-0.3, -0.25) is 4.79 Å². The molecule has 2 aromatic rings. The SMILES string of the molecule is Cc1c(NC(=O)c2ccccc2)cccc1S(=O)(=O)NC(C)(C)C. The lowest BCUT2D eigenvalue weighted by atomic mass is 10.1.